The summed E-state index contributed by atoms with van der Waals surface area (Å²) < 4.78 is 13.4. The molecule has 0 N–H and O–H groups in total. The Hall–Kier alpha value is -2.49. The fraction of sp³-hybridized carbons (Fsp3) is 0.450. The van der Waals surface area contributed by atoms with Crippen LogP contribution in [0.5, 0.6) is 5.75 Å². The molecule has 3 aromatic rings. The van der Waals surface area contributed by atoms with Crippen LogP contribution in [-0.4, -0.2) is 72.1 Å². The first-order valence-corrected chi connectivity index (χ1v) is 10.4. The molecular formula is C20H25N5O3S. The number of amides is 1. The van der Waals surface area contributed by atoms with Gasteiger partial charge in [0.25, 0.3) is 5.91 Å². The topological polar surface area (TPSA) is 72.7 Å². The van der Waals surface area contributed by atoms with Crippen molar-refractivity contribution in [2.45, 2.75) is 6.92 Å². The third-order valence-electron chi connectivity index (χ3n) is 5.02. The van der Waals surface area contributed by atoms with Gasteiger partial charge in [0.2, 0.25) is 0 Å². The molecule has 0 unspecified atom stereocenters. The molecule has 2 aromatic heterocycles. The van der Waals surface area contributed by atoms with E-state index in [1.165, 1.54) is 11.3 Å². The molecular weight excluding hydrogens is 390 g/mol. The first-order valence-electron chi connectivity index (χ1n) is 9.62. The molecule has 154 valence electrons. The third kappa shape index (κ3) is 4.26. The van der Waals surface area contributed by atoms with Crippen molar-refractivity contribution in [3.05, 3.63) is 35.7 Å². The Labute approximate surface area is 173 Å². The highest BCUT2D eigenvalue weighted by molar-refractivity contribution is 7.22. The lowest BCUT2D eigenvalue weighted by Gasteiger charge is -2.29. The van der Waals surface area contributed by atoms with Crippen LogP contribution in [0.1, 0.15) is 16.1 Å². The molecule has 29 heavy (non-hydrogen) atoms. The van der Waals surface area contributed by atoms with Gasteiger partial charge in [-0.3, -0.25) is 19.3 Å². The Bertz CT molecular complexity index is 1010. The standard InChI is InChI=1S/C20H25N5O3S/c1-14-13-23(2)22-18(14)19(26)25(7-6-24-8-10-28-11-9-24)20-21-16-12-15(27-3)4-5-17(16)29-20/h4-5,12-13H,6-11H2,1-3H3. The quantitative estimate of drug-likeness (QED) is 0.615. The third-order valence-corrected chi connectivity index (χ3v) is 6.08. The Morgan fingerprint density at radius 2 is 2.14 bits per heavy atom. The zero-order valence-corrected chi connectivity index (χ0v) is 17.7. The molecule has 1 saturated heterocycles. The van der Waals surface area contributed by atoms with Crippen molar-refractivity contribution in [3.63, 3.8) is 0 Å². The number of nitrogens with zero attached hydrogens (tertiary/aromatic N) is 5. The molecule has 0 spiro atoms. The van der Waals surface area contributed by atoms with E-state index >= 15 is 0 Å². The second-order valence-corrected chi connectivity index (χ2v) is 8.08. The number of aryl methyl sites for hydroxylation is 2. The predicted molar refractivity (Wildman–Crippen MR) is 113 cm³/mol. The number of benzene rings is 1. The molecule has 9 heteroatoms. The largest absolute Gasteiger partial charge is 0.497 e. The van der Waals surface area contributed by atoms with Crippen molar-refractivity contribution in [1.82, 2.24) is 19.7 Å². The van der Waals surface area contributed by atoms with E-state index in [-0.39, 0.29) is 5.91 Å². The Kier molecular flexibility index (Phi) is 5.79. The maximum Gasteiger partial charge on any atom is 0.280 e. The van der Waals surface area contributed by atoms with Crippen molar-refractivity contribution in [3.8, 4) is 5.75 Å². The Morgan fingerprint density at radius 1 is 1.34 bits per heavy atom. The fourth-order valence-corrected chi connectivity index (χ4v) is 4.40. The summed E-state index contributed by atoms with van der Waals surface area (Å²) in [6.07, 6.45) is 1.86. The first kappa shape index (κ1) is 19.8. The van der Waals surface area contributed by atoms with E-state index in [1.807, 2.05) is 38.4 Å². The SMILES string of the molecule is COc1ccc2sc(N(CCN3CCOCC3)C(=O)c3nn(C)cc3C)nc2c1. The highest BCUT2D eigenvalue weighted by Gasteiger charge is 2.26. The average molecular weight is 416 g/mol. The number of hydrogen-bond donors (Lipinski definition) is 0. The van der Waals surface area contributed by atoms with Gasteiger partial charge in [0.1, 0.15) is 5.75 Å². The van der Waals surface area contributed by atoms with Gasteiger partial charge in [-0.25, -0.2) is 4.98 Å². The maximum absolute atomic E-state index is 13.4. The molecule has 1 amide bonds. The van der Waals surface area contributed by atoms with Crippen LogP contribution in [0.2, 0.25) is 0 Å². The van der Waals surface area contributed by atoms with Crippen molar-refractivity contribution in [2.75, 3.05) is 51.4 Å². The summed E-state index contributed by atoms with van der Waals surface area (Å²) >= 11 is 1.51. The number of morpholine rings is 1. The lowest BCUT2D eigenvalue weighted by molar-refractivity contribution is 0.0391. The molecule has 0 atom stereocenters. The molecule has 3 heterocycles. The van der Waals surface area contributed by atoms with Crippen LogP contribution in [0.25, 0.3) is 10.2 Å². The van der Waals surface area contributed by atoms with E-state index in [0.717, 1.165) is 54.4 Å². The fourth-order valence-electron chi connectivity index (χ4n) is 3.43. The second kappa shape index (κ2) is 8.48. The predicted octanol–water partition coefficient (Wildman–Crippen LogP) is 2.33. The number of fused-ring (bicyclic) bond motifs is 1. The van der Waals surface area contributed by atoms with E-state index in [9.17, 15) is 4.79 Å². The van der Waals surface area contributed by atoms with Crippen LogP contribution in [0, 0.1) is 6.92 Å². The number of hydrogen-bond acceptors (Lipinski definition) is 7. The number of anilines is 1. The summed E-state index contributed by atoms with van der Waals surface area (Å²) in [6, 6.07) is 5.78. The Morgan fingerprint density at radius 3 is 2.83 bits per heavy atom. The van der Waals surface area contributed by atoms with Crippen LogP contribution in [0.4, 0.5) is 5.13 Å². The maximum atomic E-state index is 13.4. The molecule has 0 aliphatic carbocycles. The minimum absolute atomic E-state index is 0.123. The second-order valence-electron chi connectivity index (χ2n) is 7.08. The van der Waals surface area contributed by atoms with Gasteiger partial charge < -0.3 is 9.47 Å². The lowest BCUT2D eigenvalue weighted by atomic mass is 10.2. The molecule has 1 aromatic carbocycles. The summed E-state index contributed by atoms with van der Waals surface area (Å²) in [5.41, 5.74) is 2.15. The summed E-state index contributed by atoms with van der Waals surface area (Å²) in [5, 5.41) is 5.06. The van der Waals surface area contributed by atoms with Crippen LogP contribution in [-0.2, 0) is 11.8 Å². The van der Waals surface area contributed by atoms with Gasteiger partial charge in [0.05, 0.1) is 30.5 Å². The zero-order valence-electron chi connectivity index (χ0n) is 16.9. The molecule has 1 aliphatic rings. The van der Waals surface area contributed by atoms with E-state index in [0.29, 0.717) is 17.4 Å². The first-order chi connectivity index (χ1) is 14.0. The normalized spacial score (nSPS) is 15.0. The monoisotopic (exact) mass is 415 g/mol. The number of rotatable bonds is 6. The van der Waals surface area contributed by atoms with Crippen molar-refractivity contribution in [2.24, 2.45) is 7.05 Å². The molecule has 1 aliphatic heterocycles. The smallest absolute Gasteiger partial charge is 0.280 e. The molecule has 1 fully saturated rings. The van der Waals surface area contributed by atoms with Gasteiger partial charge in [-0.05, 0) is 19.1 Å². The van der Waals surface area contributed by atoms with Crippen LogP contribution >= 0.6 is 11.3 Å². The van der Waals surface area contributed by atoms with Crippen LogP contribution in [0.15, 0.2) is 24.4 Å². The summed E-state index contributed by atoms with van der Waals surface area (Å²) in [7, 11) is 3.46. The molecule has 8 nitrogen and oxygen atoms in total. The van der Waals surface area contributed by atoms with Gasteiger partial charge in [0.15, 0.2) is 10.8 Å². The lowest BCUT2D eigenvalue weighted by Crippen LogP contribution is -2.43. The molecule has 0 radical (unpaired) electrons. The number of thiazole rings is 1. The number of carbonyl (C=O) groups is 1. The molecule has 0 bridgehead atoms. The van der Waals surface area contributed by atoms with Gasteiger partial charge in [-0.2, -0.15) is 5.10 Å². The van der Waals surface area contributed by atoms with Gasteiger partial charge in [0, 0.05) is 51.1 Å². The average Bonchev–Trinajstić information content (AvgIpc) is 3.30. The van der Waals surface area contributed by atoms with E-state index < -0.39 is 0 Å². The van der Waals surface area contributed by atoms with Gasteiger partial charge >= 0.3 is 0 Å². The van der Waals surface area contributed by atoms with E-state index in [4.69, 9.17) is 14.5 Å². The minimum atomic E-state index is -0.123. The number of methoxy groups -OCH3 is 1. The van der Waals surface area contributed by atoms with Gasteiger partial charge in [-0.15, -0.1) is 0 Å². The van der Waals surface area contributed by atoms with Gasteiger partial charge in [-0.1, -0.05) is 11.3 Å². The molecule has 4 rings (SSSR count). The summed E-state index contributed by atoms with van der Waals surface area (Å²) in [4.78, 5) is 22.2. The zero-order chi connectivity index (χ0) is 20.4. The molecule has 0 saturated carbocycles. The van der Waals surface area contributed by atoms with E-state index in [1.54, 1.807) is 16.7 Å². The van der Waals surface area contributed by atoms with Crippen molar-refractivity contribution < 1.29 is 14.3 Å². The van der Waals surface area contributed by atoms with E-state index in [2.05, 4.69) is 10.00 Å². The van der Waals surface area contributed by atoms with Crippen molar-refractivity contribution >= 4 is 32.6 Å². The number of carbonyl (C=O) groups excluding carboxylic acids is 1. The summed E-state index contributed by atoms with van der Waals surface area (Å²) in [6.45, 7) is 6.43. The van der Waals surface area contributed by atoms with Crippen LogP contribution in [0.3, 0.4) is 0 Å². The highest BCUT2D eigenvalue weighted by atomic mass is 32.1. The number of aromatic nitrogens is 3. The number of ether oxygens (including phenoxy) is 2. The van der Waals surface area contributed by atoms with Crippen LogP contribution < -0.4 is 9.64 Å². The minimum Gasteiger partial charge on any atom is -0.497 e. The Balaban J connectivity index is 1.65. The highest BCUT2D eigenvalue weighted by Crippen LogP contribution is 2.32. The summed E-state index contributed by atoms with van der Waals surface area (Å²) in [5.74, 6) is 0.628. The van der Waals surface area contributed by atoms with Crippen molar-refractivity contribution in [1.29, 1.82) is 0 Å².